The molecule has 10 nitrogen and oxygen atoms in total. The zero-order valence-electron chi connectivity index (χ0n) is 19.1. The van der Waals surface area contributed by atoms with E-state index < -0.39 is 35.6 Å². The third-order valence-electron chi connectivity index (χ3n) is 5.31. The molecule has 37 heavy (non-hydrogen) atoms. The minimum Gasteiger partial charge on any atom is -0.504 e. The molecule has 0 fully saturated rings. The van der Waals surface area contributed by atoms with Crippen LogP contribution in [0.3, 0.4) is 0 Å². The predicted octanol–water partition coefficient (Wildman–Crippen LogP) is 3.48. The number of thiazole rings is 1. The molecule has 4 rings (SSSR count). The van der Waals surface area contributed by atoms with Crippen LogP contribution in [0.15, 0.2) is 89.4 Å². The number of aliphatic carboxylic acids is 1. The van der Waals surface area contributed by atoms with Crippen LogP contribution < -0.4 is 5.73 Å². The van der Waals surface area contributed by atoms with Gasteiger partial charge in [-0.05, 0) is 12.1 Å². The summed E-state index contributed by atoms with van der Waals surface area (Å²) in [7, 11) is 0. The van der Waals surface area contributed by atoms with E-state index in [1.165, 1.54) is 23.6 Å². The van der Waals surface area contributed by atoms with Gasteiger partial charge >= 0.3 is 11.9 Å². The van der Waals surface area contributed by atoms with Crippen molar-refractivity contribution in [3.63, 3.8) is 0 Å². The van der Waals surface area contributed by atoms with E-state index in [0.717, 1.165) is 11.3 Å². The maximum atomic E-state index is 13.1. The smallest absolute Gasteiger partial charge is 0.360 e. The highest BCUT2D eigenvalue weighted by molar-refractivity contribution is 7.13. The van der Waals surface area contributed by atoms with Crippen LogP contribution in [0.4, 0.5) is 5.13 Å². The molecule has 0 saturated heterocycles. The lowest BCUT2D eigenvalue weighted by molar-refractivity contribution is -0.159. The van der Waals surface area contributed by atoms with E-state index in [1.807, 2.05) is 0 Å². The number of ether oxygens (including phenoxy) is 1. The predicted molar refractivity (Wildman–Crippen MR) is 135 cm³/mol. The molecule has 0 aliphatic heterocycles. The van der Waals surface area contributed by atoms with Crippen molar-refractivity contribution in [3.05, 3.63) is 107 Å². The van der Waals surface area contributed by atoms with E-state index in [0.29, 0.717) is 16.7 Å². The molecule has 0 radical (unpaired) electrons. The first-order valence-corrected chi connectivity index (χ1v) is 11.7. The summed E-state index contributed by atoms with van der Waals surface area (Å²) in [5, 5.41) is 34.7. The van der Waals surface area contributed by atoms with Gasteiger partial charge in [0, 0.05) is 22.1 Å². The van der Waals surface area contributed by atoms with Crippen LogP contribution in [0.1, 0.15) is 22.4 Å². The standard InChI is InChI=1S/C26H21N3O7S/c27-25-28-19(15-37-25)23(24(33)34)29-35-14-22(32)36-26(16-7-3-1-4-8-16,17-9-5-2-6-10-17)18-11-12-20(30)21(31)13-18/h1-13,15,30-31H,14H2,(H2,27,28)(H,33,34)/b29-23-. The summed E-state index contributed by atoms with van der Waals surface area (Å²) in [5.41, 5.74) is 4.91. The minimum atomic E-state index is -1.56. The van der Waals surface area contributed by atoms with Crippen LogP contribution in [-0.2, 0) is 24.8 Å². The quantitative estimate of drug-likeness (QED) is 0.0852. The number of carbonyl (C=O) groups excluding carboxylic acids is 1. The van der Waals surface area contributed by atoms with Crippen LogP contribution in [0, 0.1) is 0 Å². The first-order valence-electron chi connectivity index (χ1n) is 10.8. The summed E-state index contributed by atoms with van der Waals surface area (Å²) in [6.45, 7) is -0.734. The maximum Gasteiger partial charge on any atom is 0.360 e. The molecule has 0 aliphatic rings. The molecule has 11 heteroatoms. The van der Waals surface area contributed by atoms with Gasteiger partial charge in [0.05, 0.1) is 0 Å². The second-order valence-corrected chi connectivity index (χ2v) is 8.57. The zero-order valence-corrected chi connectivity index (χ0v) is 20.0. The van der Waals surface area contributed by atoms with Gasteiger partial charge in [-0.15, -0.1) is 11.3 Å². The Labute approximate surface area is 214 Å². The number of carboxylic acids is 1. The monoisotopic (exact) mass is 519 g/mol. The molecule has 188 valence electrons. The molecule has 4 aromatic rings. The average Bonchev–Trinajstić information content (AvgIpc) is 3.33. The number of nitrogens with zero attached hydrogens (tertiary/aromatic N) is 2. The molecule has 5 N–H and O–H groups in total. The van der Waals surface area contributed by atoms with Crippen molar-refractivity contribution in [2.45, 2.75) is 5.60 Å². The van der Waals surface area contributed by atoms with Crippen molar-refractivity contribution in [2.75, 3.05) is 12.3 Å². The molecule has 1 heterocycles. The fraction of sp³-hybridized carbons (Fsp3) is 0.0769. The molecule has 0 saturated carbocycles. The number of esters is 1. The van der Waals surface area contributed by atoms with Gasteiger partial charge in [0.2, 0.25) is 12.3 Å². The largest absolute Gasteiger partial charge is 0.504 e. The van der Waals surface area contributed by atoms with Crippen LogP contribution >= 0.6 is 11.3 Å². The normalized spacial score (nSPS) is 11.6. The fourth-order valence-electron chi connectivity index (χ4n) is 3.71. The Balaban J connectivity index is 1.72. The zero-order chi connectivity index (χ0) is 26.4. The van der Waals surface area contributed by atoms with Crippen molar-refractivity contribution >= 4 is 34.1 Å². The highest BCUT2D eigenvalue weighted by atomic mass is 32.1. The second kappa shape index (κ2) is 10.8. The third-order valence-corrected chi connectivity index (χ3v) is 5.99. The van der Waals surface area contributed by atoms with Crippen LogP contribution in [0.2, 0.25) is 0 Å². The van der Waals surface area contributed by atoms with E-state index in [1.54, 1.807) is 60.7 Å². The Morgan fingerprint density at radius 3 is 2.05 bits per heavy atom. The molecule has 0 unspecified atom stereocenters. The van der Waals surface area contributed by atoms with Gasteiger partial charge in [0.15, 0.2) is 22.2 Å². The van der Waals surface area contributed by atoms with E-state index in [2.05, 4.69) is 10.1 Å². The van der Waals surface area contributed by atoms with Crippen molar-refractivity contribution in [1.29, 1.82) is 0 Å². The molecule has 1 aromatic heterocycles. The third kappa shape index (κ3) is 5.36. The van der Waals surface area contributed by atoms with Gasteiger partial charge in [-0.1, -0.05) is 71.9 Å². The number of aromatic hydroxyl groups is 2. The van der Waals surface area contributed by atoms with E-state index in [-0.39, 0.29) is 16.6 Å². The molecule has 0 amide bonds. The average molecular weight is 520 g/mol. The Bertz CT molecular complexity index is 1400. The number of aromatic nitrogens is 1. The fourth-order valence-corrected chi connectivity index (χ4v) is 4.25. The molecule has 0 aliphatic carbocycles. The number of hydrogen-bond acceptors (Lipinski definition) is 10. The first kappa shape index (κ1) is 25.2. The number of oxime groups is 1. The molecule has 0 atom stereocenters. The van der Waals surface area contributed by atoms with Gasteiger partial charge in [-0.3, -0.25) is 0 Å². The number of rotatable bonds is 9. The molecular weight excluding hydrogens is 498 g/mol. The van der Waals surface area contributed by atoms with Crippen LogP contribution in [0.5, 0.6) is 11.5 Å². The van der Waals surface area contributed by atoms with Gasteiger partial charge in [0.1, 0.15) is 5.69 Å². The van der Waals surface area contributed by atoms with E-state index in [9.17, 15) is 24.9 Å². The van der Waals surface area contributed by atoms with Gasteiger partial charge in [-0.25, -0.2) is 14.6 Å². The van der Waals surface area contributed by atoms with Crippen LogP contribution in [0.25, 0.3) is 0 Å². The summed E-state index contributed by atoms with van der Waals surface area (Å²) in [6.07, 6.45) is 0. The number of anilines is 1. The number of benzene rings is 3. The molecule has 3 aromatic carbocycles. The summed E-state index contributed by atoms with van der Waals surface area (Å²) in [5.74, 6) is -3.04. The lowest BCUT2D eigenvalue weighted by Gasteiger charge is -2.35. The van der Waals surface area contributed by atoms with Gasteiger partial charge < -0.3 is 30.6 Å². The number of nitrogen functional groups attached to an aromatic ring is 1. The number of phenolic OH excluding ortho intramolecular Hbond substituents is 2. The Kier molecular flexibility index (Phi) is 7.35. The minimum absolute atomic E-state index is 0.00847. The Hall–Kier alpha value is -4.90. The SMILES string of the molecule is Nc1nc(/C(=N/OCC(=O)OC(c2ccccc2)(c2ccccc2)c2ccc(O)c(O)c2)C(=O)O)cs1. The Morgan fingerprint density at radius 1 is 0.919 bits per heavy atom. The van der Waals surface area contributed by atoms with Gasteiger partial charge in [0.25, 0.3) is 0 Å². The van der Waals surface area contributed by atoms with Crippen LogP contribution in [-0.4, -0.2) is 44.6 Å². The van der Waals surface area contributed by atoms with Crippen molar-refractivity contribution in [3.8, 4) is 11.5 Å². The number of carboxylic acid groups (broad SMARTS) is 1. The topological polar surface area (TPSA) is 165 Å². The highest BCUT2D eigenvalue weighted by Crippen LogP contribution is 2.43. The highest BCUT2D eigenvalue weighted by Gasteiger charge is 2.41. The number of hydrogen-bond donors (Lipinski definition) is 4. The Morgan fingerprint density at radius 2 is 1.54 bits per heavy atom. The number of phenols is 2. The van der Waals surface area contributed by atoms with Gasteiger partial charge in [-0.2, -0.15) is 0 Å². The van der Waals surface area contributed by atoms with Crippen molar-refractivity contribution in [1.82, 2.24) is 4.98 Å². The van der Waals surface area contributed by atoms with Crippen molar-refractivity contribution in [2.24, 2.45) is 5.16 Å². The maximum absolute atomic E-state index is 13.1. The molecular formula is C26H21N3O7S. The summed E-state index contributed by atoms with van der Waals surface area (Å²) < 4.78 is 6.04. The lowest BCUT2D eigenvalue weighted by atomic mass is 9.80. The second-order valence-electron chi connectivity index (χ2n) is 7.68. The number of carbonyl (C=O) groups is 2. The summed E-state index contributed by atoms with van der Waals surface area (Å²) >= 11 is 1.03. The molecule has 0 bridgehead atoms. The van der Waals surface area contributed by atoms with E-state index in [4.69, 9.17) is 15.3 Å². The summed E-state index contributed by atoms with van der Waals surface area (Å²) in [6, 6.07) is 21.8. The first-order chi connectivity index (χ1) is 17.8. The van der Waals surface area contributed by atoms with E-state index >= 15 is 0 Å². The number of nitrogens with two attached hydrogens (primary N) is 1. The van der Waals surface area contributed by atoms with Crippen molar-refractivity contribution < 1.29 is 34.5 Å². The molecule has 0 spiro atoms. The summed E-state index contributed by atoms with van der Waals surface area (Å²) in [4.78, 5) is 33.6. The lowest BCUT2D eigenvalue weighted by Crippen LogP contribution is -2.36.